The summed E-state index contributed by atoms with van der Waals surface area (Å²) in [6.45, 7) is 7.08. The molecule has 0 aromatic heterocycles. The first-order valence-corrected chi connectivity index (χ1v) is 7.54. The molecule has 1 heterocycles. The Bertz CT molecular complexity index is 447. The molecule has 104 valence electrons. The first kappa shape index (κ1) is 14.5. The van der Waals surface area contributed by atoms with Gasteiger partial charge in [0.1, 0.15) is 0 Å². The minimum Gasteiger partial charge on any atom is -0.351 e. The Morgan fingerprint density at radius 3 is 2.68 bits per heavy atom. The van der Waals surface area contributed by atoms with Gasteiger partial charge in [-0.2, -0.15) is 0 Å². The van der Waals surface area contributed by atoms with E-state index in [2.05, 4.69) is 33.5 Å². The molecule has 4 heteroatoms. The van der Waals surface area contributed by atoms with Gasteiger partial charge in [-0.15, -0.1) is 0 Å². The predicted molar refractivity (Wildman–Crippen MR) is 81.4 cm³/mol. The Morgan fingerprint density at radius 1 is 1.37 bits per heavy atom. The van der Waals surface area contributed by atoms with Crippen LogP contribution in [0.2, 0.25) is 0 Å². The summed E-state index contributed by atoms with van der Waals surface area (Å²) < 4.78 is 0.950. The molecule has 2 rings (SSSR count). The zero-order valence-corrected chi connectivity index (χ0v) is 13.1. The maximum absolute atomic E-state index is 12.2. The van der Waals surface area contributed by atoms with E-state index in [-0.39, 0.29) is 11.3 Å². The van der Waals surface area contributed by atoms with E-state index in [4.69, 9.17) is 0 Å². The maximum atomic E-state index is 12.2. The van der Waals surface area contributed by atoms with Crippen LogP contribution in [-0.4, -0.2) is 25.5 Å². The molecular weight excluding hydrogens is 304 g/mol. The van der Waals surface area contributed by atoms with E-state index in [1.54, 1.807) is 0 Å². The van der Waals surface area contributed by atoms with Crippen molar-refractivity contribution in [1.29, 1.82) is 0 Å². The fraction of sp³-hybridized carbons (Fsp3) is 0.533. The van der Waals surface area contributed by atoms with Crippen LogP contribution >= 0.6 is 15.9 Å². The molecule has 1 amide bonds. The standard InChI is InChI=1S/C15H21BrN2O/c1-11-7-12(9-13(16)8-11)14(19)18-10-15(2)3-5-17-6-4-15/h7-9,17H,3-6,10H2,1-2H3,(H,18,19). The fourth-order valence-electron chi connectivity index (χ4n) is 2.47. The number of rotatable bonds is 3. The van der Waals surface area contributed by atoms with Crippen molar-refractivity contribution in [2.24, 2.45) is 5.41 Å². The van der Waals surface area contributed by atoms with Crippen LogP contribution in [-0.2, 0) is 0 Å². The second-order valence-electron chi connectivity index (χ2n) is 5.76. The summed E-state index contributed by atoms with van der Waals surface area (Å²) in [6, 6.07) is 5.79. The van der Waals surface area contributed by atoms with Crippen LogP contribution in [0, 0.1) is 12.3 Å². The molecule has 1 aliphatic rings. The lowest BCUT2D eigenvalue weighted by Crippen LogP contribution is -2.42. The van der Waals surface area contributed by atoms with Crippen molar-refractivity contribution in [2.75, 3.05) is 19.6 Å². The normalized spacial score (nSPS) is 18.1. The third-order valence-electron chi connectivity index (χ3n) is 3.79. The lowest BCUT2D eigenvalue weighted by molar-refractivity contribution is 0.0922. The number of carbonyl (C=O) groups is 1. The summed E-state index contributed by atoms with van der Waals surface area (Å²) in [7, 11) is 0. The van der Waals surface area contributed by atoms with Crippen LogP contribution < -0.4 is 10.6 Å². The Morgan fingerprint density at radius 2 is 2.05 bits per heavy atom. The first-order chi connectivity index (χ1) is 8.98. The van der Waals surface area contributed by atoms with Gasteiger partial charge in [0, 0.05) is 16.6 Å². The van der Waals surface area contributed by atoms with Gasteiger partial charge in [-0.1, -0.05) is 22.9 Å². The summed E-state index contributed by atoms with van der Waals surface area (Å²) in [5, 5.41) is 6.43. The Balaban J connectivity index is 1.97. The average molecular weight is 325 g/mol. The lowest BCUT2D eigenvalue weighted by atomic mass is 9.81. The summed E-state index contributed by atoms with van der Waals surface area (Å²) in [6.07, 6.45) is 2.23. The van der Waals surface area contributed by atoms with E-state index in [1.165, 1.54) is 0 Å². The minimum atomic E-state index is 0.0177. The van der Waals surface area contributed by atoms with Gasteiger partial charge in [0.2, 0.25) is 0 Å². The van der Waals surface area contributed by atoms with E-state index in [0.717, 1.165) is 48.1 Å². The van der Waals surface area contributed by atoms with Crippen molar-refractivity contribution < 1.29 is 4.79 Å². The summed E-state index contributed by atoms with van der Waals surface area (Å²) in [5.41, 5.74) is 2.04. The molecule has 0 saturated carbocycles. The van der Waals surface area contributed by atoms with Crippen LogP contribution in [0.25, 0.3) is 0 Å². The average Bonchev–Trinajstić information content (AvgIpc) is 2.36. The second-order valence-corrected chi connectivity index (χ2v) is 6.68. The molecule has 1 aromatic carbocycles. The van der Waals surface area contributed by atoms with Gasteiger partial charge in [0.05, 0.1) is 0 Å². The van der Waals surface area contributed by atoms with E-state index in [9.17, 15) is 4.79 Å². The Hall–Kier alpha value is -0.870. The number of piperidine rings is 1. The van der Waals surface area contributed by atoms with Gasteiger partial charge in [-0.25, -0.2) is 0 Å². The van der Waals surface area contributed by atoms with Crippen LogP contribution in [0.15, 0.2) is 22.7 Å². The van der Waals surface area contributed by atoms with Crippen molar-refractivity contribution in [1.82, 2.24) is 10.6 Å². The van der Waals surface area contributed by atoms with Crippen LogP contribution in [0.1, 0.15) is 35.7 Å². The summed E-state index contributed by atoms with van der Waals surface area (Å²) >= 11 is 3.43. The zero-order chi connectivity index (χ0) is 13.9. The maximum Gasteiger partial charge on any atom is 0.251 e. The number of aryl methyl sites for hydroxylation is 1. The van der Waals surface area contributed by atoms with Gasteiger partial charge in [0.25, 0.3) is 5.91 Å². The lowest BCUT2D eigenvalue weighted by Gasteiger charge is -2.34. The number of amides is 1. The van der Waals surface area contributed by atoms with E-state index in [1.807, 2.05) is 25.1 Å². The topological polar surface area (TPSA) is 41.1 Å². The molecule has 19 heavy (non-hydrogen) atoms. The zero-order valence-electron chi connectivity index (χ0n) is 11.6. The Labute approximate surface area is 123 Å². The van der Waals surface area contributed by atoms with Crippen molar-refractivity contribution in [2.45, 2.75) is 26.7 Å². The minimum absolute atomic E-state index is 0.0177. The molecule has 0 bridgehead atoms. The molecule has 1 fully saturated rings. The van der Waals surface area contributed by atoms with Crippen LogP contribution in [0.5, 0.6) is 0 Å². The molecule has 1 aromatic rings. The Kier molecular flexibility index (Phi) is 4.63. The van der Waals surface area contributed by atoms with Gasteiger partial charge in [-0.05, 0) is 62.0 Å². The monoisotopic (exact) mass is 324 g/mol. The molecule has 0 atom stereocenters. The highest BCUT2D eigenvalue weighted by Gasteiger charge is 2.27. The van der Waals surface area contributed by atoms with E-state index < -0.39 is 0 Å². The van der Waals surface area contributed by atoms with Crippen molar-refractivity contribution in [3.63, 3.8) is 0 Å². The number of benzene rings is 1. The number of halogens is 1. The highest BCUT2D eigenvalue weighted by atomic mass is 79.9. The van der Waals surface area contributed by atoms with Gasteiger partial charge < -0.3 is 10.6 Å². The molecule has 0 spiro atoms. The van der Waals surface area contributed by atoms with Gasteiger partial charge in [0.15, 0.2) is 0 Å². The van der Waals surface area contributed by atoms with Gasteiger partial charge >= 0.3 is 0 Å². The number of hydrogen-bond acceptors (Lipinski definition) is 2. The van der Waals surface area contributed by atoms with E-state index >= 15 is 0 Å². The molecule has 3 nitrogen and oxygen atoms in total. The molecule has 2 N–H and O–H groups in total. The predicted octanol–water partition coefficient (Wildman–Crippen LogP) is 2.88. The number of hydrogen-bond donors (Lipinski definition) is 2. The van der Waals surface area contributed by atoms with Crippen LogP contribution in [0.4, 0.5) is 0 Å². The fourth-order valence-corrected chi connectivity index (χ4v) is 3.08. The smallest absolute Gasteiger partial charge is 0.251 e. The van der Waals surface area contributed by atoms with Gasteiger partial charge in [-0.3, -0.25) is 4.79 Å². The van der Waals surface area contributed by atoms with Crippen molar-refractivity contribution in [3.05, 3.63) is 33.8 Å². The molecule has 0 aliphatic carbocycles. The molecule has 0 radical (unpaired) electrons. The highest BCUT2D eigenvalue weighted by molar-refractivity contribution is 9.10. The third kappa shape index (κ3) is 4.05. The quantitative estimate of drug-likeness (QED) is 0.897. The highest BCUT2D eigenvalue weighted by Crippen LogP contribution is 2.26. The second kappa shape index (κ2) is 6.06. The molecule has 1 saturated heterocycles. The number of nitrogens with one attached hydrogen (secondary N) is 2. The van der Waals surface area contributed by atoms with Crippen LogP contribution in [0.3, 0.4) is 0 Å². The van der Waals surface area contributed by atoms with Crippen molar-refractivity contribution >= 4 is 21.8 Å². The summed E-state index contributed by atoms with van der Waals surface area (Å²) in [5.74, 6) is 0.0177. The third-order valence-corrected chi connectivity index (χ3v) is 4.25. The molecular formula is C15H21BrN2O. The number of carbonyl (C=O) groups excluding carboxylic acids is 1. The first-order valence-electron chi connectivity index (χ1n) is 6.75. The largest absolute Gasteiger partial charge is 0.351 e. The molecule has 0 unspecified atom stereocenters. The van der Waals surface area contributed by atoms with E-state index in [0.29, 0.717) is 0 Å². The molecule has 1 aliphatic heterocycles. The summed E-state index contributed by atoms with van der Waals surface area (Å²) in [4.78, 5) is 12.2. The SMILES string of the molecule is Cc1cc(Br)cc(C(=O)NCC2(C)CCNCC2)c1. The van der Waals surface area contributed by atoms with Crippen molar-refractivity contribution in [3.8, 4) is 0 Å².